The minimum atomic E-state index is 0.118. The lowest BCUT2D eigenvalue weighted by atomic mass is 10.1. The molecule has 0 aromatic heterocycles. The van der Waals surface area contributed by atoms with Crippen molar-refractivity contribution in [2.75, 3.05) is 20.3 Å². The first kappa shape index (κ1) is 17.8. The molecule has 2 aromatic rings. The lowest BCUT2D eigenvalue weighted by Gasteiger charge is -2.14. The number of aliphatic hydroxyl groups is 1. The van der Waals surface area contributed by atoms with E-state index in [9.17, 15) is 0 Å². The van der Waals surface area contributed by atoms with Crippen molar-refractivity contribution in [2.24, 2.45) is 0 Å². The third-order valence-electron chi connectivity index (χ3n) is 3.41. The number of benzene rings is 2. The standard InChI is InChI=1S/C18H22BrNO3/c1-13-4-3-5-14(8-13)12-23-18-10-16(19)15(9-17(18)22-2)11-20-6-7-21/h3-5,8-10,20-21H,6-7,11-12H2,1-2H3. The molecule has 0 heterocycles. The predicted molar refractivity (Wildman–Crippen MR) is 95.0 cm³/mol. The first-order chi connectivity index (χ1) is 11.1. The van der Waals surface area contributed by atoms with Crippen molar-refractivity contribution in [1.82, 2.24) is 5.32 Å². The number of halogens is 1. The highest BCUT2D eigenvalue weighted by Gasteiger charge is 2.10. The van der Waals surface area contributed by atoms with Crippen LogP contribution in [0.4, 0.5) is 0 Å². The third-order valence-corrected chi connectivity index (χ3v) is 4.15. The average Bonchev–Trinajstić information content (AvgIpc) is 2.54. The molecule has 23 heavy (non-hydrogen) atoms. The molecule has 0 bridgehead atoms. The molecule has 5 heteroatoms. The molecule has 0 unspecified atom stereocenters. The molecule has 4 nitrogen and oxygen atoms in total. The Labute approximate surface area is 145 Å². The minimum Gasteiger partial charge on any atom is -0.493 e. The Bertz CT molecular complexity index is 646. The van der Waals surface area contributed by atoms with Gasteiger partial charge in [-0.1, -0.05) is 45.8 Å². The number of aliphatic hydroxyl groups excluding tert-OH is 1. The van der Waals surface area contributed by atoms with E-state index in [0.29, 0.717) is 31.2 Å². The molecule has 0 spiro atoms. The smallest absolute Gasteiger partial charge is 0.162 e. The maximum atomic E-state index is 8.84. The SMILES string of the molecule is COc1cc(CNCCO)c(Br)cc1OCc1cccc(C)c1. The minimum absolute atomic E-state index is 0.118. The summed E-state index contributed by atoms with van der Waals surface area (Å²) in [7, 11) is 1.63. The number of ether oxygens (including phenoxy) is 2. The summed E-state index contributed by atoms with van der Waals surface area (Å²) in [4.78, 5) is 0. The van der Waals surface area contributed by atoms with E-state index in [2.05, 4.69) is 40.3 Å². The first-order valence-corrected chi connectivity index (χ1v) is 8.29. The van der Waals surface area contributed by atoms with Crippen LogP contribution in [0.25, 0.3) is 0 Å². The highest BCUT2D eigenvalue weighted by molar-refractivity contribution is 9.10. The maximum Gasteiger partial charge on any atom is 0.162 e. The lowest BCUT2D eigenvalue weighted by molar-refractivity contribution is 0.283. The van der Waals surface area contributed by atoms with Crippen LogP contribution in [0.5, 0.6) is 11.5 Å². The summed E-state index contributed by atoms with van der Waals surface area (Å²) in [6, 6.07) is 12.1. The molecular weight excluding hydrogens is 358 g/mol. The number of rotatable bonds is 8. The second kappa shape index (κ2) is 8.91. The van der Waals surface area contributed by atoms with Gasteiger partial charge in [0.15, 0.2) is 11.5 Å². The summed E-state index contributed by atoms with van der Waals surface area (Å²) >= 11 is 3.56. The Morgan fingerprint density at radius 1 is 1.17 bits per heavy atom. The van der Waals surface area contributed by atoms with Crippen LogP contribution in [0.3, 0.4) is 0 Å². The zero-order valence-electron chi connectivity index (χ0n) is 13.4. The van der Waals surface area contributed by atoms with Crippen molar-refractivity contribution in [1.29, 1.82) is 0 Å². The van der Waals surface area contributed by atoms with Crippen LogP contribution in [-0.4, -0.2) is 25.4 Å². The van der Waals surface area contributed by atoms with Crippen molar-refractivity contribution >= 4 is 15.9 Å². The fourth-order valence-electron chi connectivity index (χ4n) is 2.25. The van der Waals surface area contributed by atoms with Gasteiger partial charge in [0, 0.05) is 17.6 Å². The van der Waals surface area contributed by atoms with E-state index in [0.717, 1.165) is 15.6 Å². The maximum absolute atomic E-state index is 8.84. The Kier molecular flexibility index (Phi) is 6.89. The average molecular weight is 380 g/mol. The van der Waals surface area contributed by atoms with Crippen LogP contribution in [0.1, 0.15) is 16.7 Å². The summed E-state index contributed by atoms with van der Waals surface area (Å²) in [6.45, 7) is 3.88. The summed E-state index contributed by atoms with van der Waals surface area (Å²) < 4.78 is 12.3. The lowest BCUT2D eigenvalue weighted by Crippen LogP contribution is -2.17. The van der Waals surface area contributed by atoms with E-state index in [1.54, 1.807) is 7.11 Å². The second-order valence-electron chi connectivity index (χ2n) is 5.27. The van der Waals surface area contributed by atoms with E-state index >= 15 is 0 Å². The van der Waals surface area contributed by atoms with E-state index < -0.39 is 0 Å². The normalized spacial score (nSPS) is 10.6. The summed E-state index contributed by atoms with van der Waals surface area (Å²) in [5.41, 5.74) is 3.39. The van der Waals surface area contributed by atoms with Crippen molar-refractivity contribution in [3.8, 4) is 11.5 Å². The van der Waals surface area contributed by atoms with Crippen LogP contribution in [0.2, 0.25) is 0 Å². The zero-order valence-corrected chi connectivity index (χ0v) is 15.0. The number of hydrogen-bond donors (Lipinski definition) is 2. The van der Waals surface area contributed by atoms with E-state index in [-0.39, 0.29) is 6.61 Å². The number of methoxy groups -OCH3 is 1. The molecule has 0 atom stereocenters. The van der Waals surface area contributed by atoms with E-state index in [1.807, 2.05) is 24.3 Å². The number of aryl methyl sites for hydroxylation is 1. The van der Waals surface area contributed by atoms with Gasteiger partial charge in [-0.15, -0.1) is 0 Å². The number of hydrogen-bond acceptors (Lipinski definition) is 4. The van der Waals surface area contributed by atoms with Gasteiger partial charge in [-0.05, 0) is 30.2 Å². The first-order valence-electron chi connectivity index (χ1n) is 7.50. The molecule has 0 aliphatic rings. The van der Waals surface area contributed by atoms with Crippen LogP contribution < -0.4 is 14.8 Å². The molecular formula is C18H22BrNO3. The summed E-state index contributed by atoms with van der Waals surface area (Å²) in [5, 5.41) is 12.0. The van der Waals surface area contributed by atoms with Gasteiger partial charge in [-0.3, -0.25) is 0 Å². The van der Waals surface area contributed by atoms with Crippen LogP contribution in [0, 0.1) is 6.92 Å². The second-order valence-corrected chi connectivity index (χ2v) is 6.13. The van der Waals surface area contributed by atoms with Gasteiger partial charge < -0.3 is 19.9 Å². The quantitative estimate of drug-likeness (QED) is 0.689. The van der Waals surface area contributed by atoms with Gasteiger partial charge >= 0.3 is 0 Å². The highest BCUT2D eigenvalue weighted by Crippen LogP contribution is 2.34. The summed E-state index contributed by atoms with van der Waals surface area (Å²) in [6.07, 6.45) is 0. The van der Waals surface area contributed by atoms with Gasteiger partial charge in [0.1, 0.15) is 6.61 Å². The van der Waals surface area contributed by atoms with Crippen LogP contribution in [-0.2, 0) is 13.2 Å². The fraction of sp³-hybridized carbons (Fsp3) is 0.333. The molecule has 2 aromatic carbocycles. The predicted octanol–water partition coefficient (Wildman–Crippen LogP) is 3.43. The third kappa shape index (κ3) is 5.23. The largest absolute Gasteiger partial charge is 0.493 e. The topological polar surface area (TPSA) is 50.7 Å². The zero-order chi connectivity index (χ0) is 16.7. The molecule has 0 saturated carbocycles. The van der Waals surface area contributed by atoms with Crippen molar-refractivity contribution in [3.05, 3.63) is 57.6 Å². The molecule has 0 radical (unpaired) electrons. The van der Waals surface area contributed by atoms with Gasteiger partial charge in [-0.25, -0.2) is 0 Å². The van der Waals surface area contributed by atoms with Crippen molar-refractivity contribution in [2.45, 2.75) is 20.1 Å². The molecule has 0 saturated heterocycles. The van der Waals surface area contributed by atoms with Gasteiger partial charge in [-0.2, -0.15) is 0 Å². The Balaban J connectivity index is 2.10. The molecule has 124 valence electrons. The van der Waals surface area contributed by atoms with Crippen LogP contribution >= 0.6 is 15.9 Å². The number of nitrogens with one attached hydrogen (secondary N) is 1. The fourth-order valence-corrected chi connectivity index (χ4v) is 2.71. The van der Waals surface area contributed by atoms with E-state index in [1.165, 1.54) is 5.56 Å². The molecule has 0 fully saturated rings. The molecule has 2 rings (SSSR count). The van der Waals surface area contributed by atoms with Crippen LogP contribution in [0.15, 0.2) is 40.9 Å². The summed E-state index contributed by atoms with van der Waals surface area (Å²) in [5.74, 6) is 1.40. The monoisotopic (exact) mass is 379 g/mol. The van der Waals surface area contributed by atoms with Crippen molar-refractivity contribution in [3.63, 3.8) is 0 Å². The van der Waals surface area contributed by atoms with E-state index in [4.69, 9.17) is 14.6 Å². The van der Waals surface area contributed by atoms with Crippen molar-refractivity contribution < 1.29 is 14.6 Å². The highest BCUT2D eigenvalue weighted by atomic mass is 79.9. The molecule has 0 amide bonds. The Morgan fingerprint density at radius 2 is 2.00 bits per heavy atom. The van der Waals surface area contributed by atoms with Gasteiger partial charge in [0.2, 0.25) is 0 Å². The molecule has 2 N–H and O–H groups in total. The molecule has 0 aliphatic heterocycles. The van der Waals surface area contributed by atoms with Gasteiger partial charge in [0.25, 0.3) is 0 Å². The van der Waals surface area contributed by atoms with Gasteiger partial charge in [0.05, 0.1) is 13.7 Å². The molecule has 0 aliphatic carbocycles. The Hall–Kier alpha value is -1.56. The Morgan fingerprint density at radius 3 is 2.70 bits per heavy atom.